The topological polar surface area (TPSA) is 83.5 Å². The van der Waals surface area contributed by atoms with Gasteiger partial charge in [-0.25, -0.2) is 9.78 Å². The molecular formula is C13H21N3O3. The van der Waals surface area contributed by atoms with Crippen LogP contribution in [0.25, 0.3) is 0 Å². The minimum absolute atomic E-state index is 0.0343. The highest BCUT2D eigenvalue weighted by Crippen LogP contribution is 2.15. The molecule has 0 aliphatic carbocycles. The van der Waals surface area contributed by atoms with E-state index in [4.69, 9.17) is 9.84 Å². The Labute approximate surface area is 113 Å². The van der Waals surface area contributed by atoms with E-state index in [0.717, 1.165) is 5.56 Å². The summed E-state index contributed by atoms with van der Waals surface area (Å²) in [5.41, 5.74) is 0.827. The van der Waals surface area contributed by atoms with Crippen molar-refractivity contribution in [2.24, 2.45) is 0 Å². The number of urea groups is 1. The van der Waals surface area contributed by atoms with Crippen LogP contribution >= 0.6 is 0 Å². The first-order valence-electron chi connectivity index (χ1n) is 6.36. The van der Waals surface area contributed by atoms with Crippen LogP contribution in [0.3, 0.4) is 0 Å². The van der Waals surface area contributed by atoms with Crippen LogP contribution in [0.5, 0.6) is 5.88 Å². The molecule has 1 heterocycles. The van der Waals surface area contributed by atoms with Gasteiger partial charge < -0.3 is 20.5 Å². The average Bonchev–Trinajstić information content (AvgIpc) is 2.37. The zero-order chi connectivity index (χ0) is 14.1. The molecule has 0 fully saturated rings. The number of hydrogen-bond donors (Lipinski definition) is 3. The van der Waals surface area contributed by atoms with Crippen LogP contribution < -0.4 is 15.4 Å². The second-order valence-corrected chi connectivity index (χ2v) is 4.32. The van der Waals surface area contributed by atoms with E-state index >= 15 is 0 Å². The molecule has 1 rings (SSSR count). The molecule has 19 heavy (non-hydrogen) atoms. The monoisotopic (exact) mass is 267 g/mol. The molecule has 6 nitrogen and oxygen atoms in total. The molecule has 0 spiro atoms. The molecule has 0 saturated heterocycles. The first-order valence-corrected chi connectivity index (χ1v) is 6.36. The number of rotatable bonds is 7. The van der Waals surface area contributed by atoms with E-state index < -0.39 is 0 Å². The first kappa shape index (κ1) is 15.2. The van der Waals surface area contributed by atoms with Crippen LogP contribution in [-0.4, -0.2) is 35.4 Å². The molecule has 0 unspecified atom stereocenters. The van der Waals surface area contributed by atoms with Gasteiger partial charge in [0.15, 0.2) is 0 Å². The molecular weight excluding hydrogens is 246 g/mol. The fourth-order valence-electron chi connectivity index (χ4n) is 1.41. The Bertz CT molecular complexity index is 396. The van der Waals surface area contributed by atoms with E-state index in [9.17, 15) is 4.79 Å². The number of hydrogen-bond acceptors (Lipinski definition) is 4. The van der Waals surface area contributed by atoms with Crippen molar-refractivity contribution in [2.45, 2.75) is 32.9 Å². The predicted molar refractivity (Wildman–Crippen MR) is 71.9 cm³/mol. The lowest BCUT2D eigenvalue weighted by Crippen LogP contribution is -2.36. The van der Waals surface area contributed by atoms with Crippen LogP contribution in [0.4, 0.5) is 4.79 Å². The predicted octanol–water partition coefficient (Wildman–Crippen LogP) is 1.05. The largest absolute Gasteiger partial charge is 0.475 e. The third kappa shape index (κ3) is 6.05. The quantitative estimate of drug-likeness (QED) is 0.645. The van der Waals surface area contributed by atoms with Crippen LogP contribution in [0.1, 0.15) is 25.8 Å². The van der Waals surface area contributed by atoms with Gasteiger partial charge in [0.25, 0.3) is 0 Å². The molecule has 3 N–H and O–H groups in total. The average molecular weight is 267 g/mol. The molecule has 1 aromatic rings. The number of nitrogens with zero attached hydrogens (tertiary/aromatic N) is 1. The summed E-state index contributed by atoms with van der Waals surface area (Å²) in [6.45, 7) is 4.71. The number of aliphatic hydroxyl groups excluding tert-OH is 1. The molecule has 0 bridgehead atoms. The van der Waals surface area contributed by atoms with Gasteiger partial charge in [-0.1, -0.05) is 6.07 Å². The number of amides is 2. The van der Waals surface area contributed by atoms with Gasteiger partial charge in [-0.3, -0.25) is 0 Å². The van der Waals surface area contributed by atoms with Crippen molar-refractivity contribution < 1.29 is 14.6 Å². The van der Waals surface area contributed by atoms with Gasteiger partial charge in [0.05, 0.1) is 6.10 Å². The first-order chi connectivity index (χ1) is 9.13. The van der Waals surface area contributed by atoms with E-state index in [1.807, 2.05) is 19.9 Å². The number of pyridine rings is 1. The number of carbonyl (C=O) groups excluding carboxylic acids is 1. The minimum atomic E-state index is -0.271. The van der Waals surface area contributed by atoms with E-state index in [1.54, 1.807) is 12.3 Å². The summed E-state index contributed by atoms with van der Waals surface area (Å²) in [7, 11) is 0. The summed E-state index contributed by atoms with van der Waals surface area (Å²) in [4.78, 5) is 15.6. The van der Waals surface area contributed by atoms with Crippen molar-refractivity contribution >= 4 is 6.03 Å². The Kier molecular flexibility index (Phi) is 6.67. The number of aliphatic hydroxyl groups is 1. The van der Waals surface area contributed by atoms with Gasteiger partial charge in [0, 0.05) is 31.5 Å². The molecule has 2 amide bonds. The standard InChI is InChI=1S/C13H21N3O3/c1-10(2)19-12-11(5-3-6-14-12)9-16-13(18)15-7-4-8-17/h3,5-6,10,17H,4,7-9H2,1-2H3,(H2,15,16,18). The Morgan fingerprint density at radius 1 is 1.47 bits per heavy atom. The highest BCUT2D eigenvalue weighted by Gasteiger charge is 2.07. The van der Waals surface area contributed by atoms with E-state index in [-0.39, 0.29) is 18.7 Å². The van der Waals surface area contributed by atoms with Crippen LogP contribution in [-0.2, 0) is 6.54 Å². The molecule has 0 aliphatic rings. The van der Waals surface area contributed by atoms with E-state index in [2.05, 4.69) is 15.6 Å². The Morgan fingerprint density at radius 2 is 2.26 bits per heavy atom. The fourth-order valence-corrected chi connectivity index (χ4v) is 1.41. The van der Waals surface area contributed by atoms with Crippen molar-refractivity contribution in [3.05, 3.63) is 23.9 Å². The normalized spacial score (nSPS) is 10.3. The lowest BCUT2D eigenvalue weighted by atomic mass is 10.2. The maximum atomic E-state index is 11.5. The SMILES string of the molecule is CC(C)Oc1ncccc1CNC(=O)NCCCO. The van der Waals surface area contributed by atoms with Crippen molar-refractivity contribution in [1.82, 2.24) is 15.6 Å². The van der Waals surface area contributed by atoms with E-state index in [1.165, 1.54) is 0 Å². The summed E-state index contributed by atoms with van der Waals surface area (Å²) in [5, 5.41) is 14.0. The number of nitrogens with one attached hydrogen (secondary N) is 2. The summed E-state index contributed by atoms with van der Waals surface area (Å²) in [5.74, 6) is 0.535. The minimum Gasteiger partial charge on any atom is -0.475 e. The van der Waals surface area contributed by atoms with Gasteiger partial charge in [0.1, 0.15) is 0 Å². The highest BCUT2D eigenvalue weighted by atomic mass is 16.5. The summed E-state index contributed by atoms with van der Waals surface area (Å²) >= 11 is 0. The lowest BCUT2D eigenvalue weighted by Gasteiger charge is -2.13. The van der Waals surface area contributed by atoms with Crippen molar-refractivity contribution in [3.8, 4) is 5.88 Å². The molecule has 0 aliphatic heterocycles. The zero-order valence-corrected chi connectivity index (χ0v) is 11.3. The van der Waals surface area contributed by atoms with Gasteiger partial charge in [-0.15, -0.1) is 0 Å². The Balaban J connectivity index is 2.46. The fraction of sp³-hybridized carbons (Fsp3) is 0.538. The number of carbonyl (C=O) groups is 1. The molecule has 6 heteroatoms. The summed E-state index contributed by atoms with van der Waals surface area (Å²) in [6, 6.07) is 3.39. The van der Waals surface area contributed by atoms with Crippen molar-refractivity contribution in [1.29, 1.82) is 0 Å². The molecule has 0 saturated carbocycles. The van der Waals surface area contributed by atoms with Crippen molar-refractivity contribution in [2.75, 3.05) is 13.2 Å². The number of ether oxygens (including phenoxy) is 1. The number of aromatic nitrogens is 1. The Hall–Kier alpha value is -1.82. The summed E-state index contributed by atoms with van der Waals surface area (Å²) < 4.78 is 5.56. The third-order valence-corrected chi connectivity index (χ3v) is 2.26. The van der Waals surface area contributed by atoms with Crippen LogP contribution in [0, 0.1) is 0 Å². The highest BCUT2D eigenvalue weighted by molar-refractivity contribution is 5.73. The zero-order valence-electron chi connectivity index (χ0n) is 11.3. The molecule has 0 aromatic carbocycles. The maximum absolute atomic E-state index is 11.5. The van der Waals surface area contributed by atoms with E-state index in [0.29, 0.717) is 25.4 Å². The van der Waals surface area contributed by atoms with Crippen LogP contribution in [0.2, 0.25) is 0 Å². The van der Waals surface area contributed by atoms with Gasteiger partial charge >= 0.3 is 6.03 Å². The van der Waals surface area contributed by atoms with Crippen LogP contribution in [0.15, 0.2) is 18.3 Å². The summed E-state index contributed by atoms with van der Waals surface area (Å²) in [6.07, 6.45) is 2.23. The maximum Gasteiger partial charge on any atom is 0.315 e. The molecule has 1 aromatic heterocycles. The smallest absolute Gasteiger partial charge is 0.315 e. The Morgan fingerprint density at radius 3 is 2.95 bits per heavy atom. The molecule has 0 atom stereocenters. The third-order valence-electron chi connectivity index (χ3n) is 2.26. The lowest BCUT2D eigenvalue weighted by molar-refractivity contribution is 0.228. The second kappa shape index (κ2) is 8.31. The van der Waals surface area contributed by atoms with Crippen molar-refractivity contribution in [3.63, 3.8) is 0 Å². The second-order valence-electron chi connectivity index (χ2n) is 4.32. The molecule has 0 radical (unpaired) electrons. The van der Waals surface area contributed by atoms with Gasteiger partial charge in [-0.05, 0) is 26.3 Å². The van der Waals surface area contributed by atoms with Gasteiger partial charge in [0.2, 0.25) is 5.88 Å². The van der Waals surface area contributed by atoms with Gasteiger partial charge in [-0.2, -0.15) is 0 Å². The molecule has 106 valence electrons.